The average molecular weight is 214 g/mol. The van der Waals surface area contributed by atoms with E-state index in [4.69, 9.17) is 16.2 Å². The Labute approximate surface area is 85.1 Å². The minimum Gasteiger partial charge on any atom is -0.479 e. The molecule has 1 rings (SSSR count). The van der Waals surface area contributed by atoms with Crippen molar-refractivity contribution in [1.29, 1.82) is 0 Å². The number of rotatable bonds is 2. The van der Waals surface area contributed by atoms with E-state index in [2.05, 4.69) is 19.4 Å². The van der Waals surface area contributed by atoms with Crippen LogP contribution in [-0.4, -0.2) is 30.3 Å². The van der Waals surface area contributed by atoms with E-state index in [1.54, 1.807) is 0 Å². The van der Waals surface area contributed by atoms with Gasteiger partial charge in [0, 0.05) is 0 Å². The molecule has 0 atom stereocenters. The molecule has 0 spiro atoms. The zero-order valence-electron chi connectivity index (χ0n) is 8.18. The van der Waals surface area contributed by atoms with E-state index >= 15 is 0 Å². The van der Waals surface area contributed by atoms with Crippen molar-refractivity contribution in [1.82, 2.24) is 9.97 Å². The quantitative estimate of drug-likeness (QED) is 0.648. The average Bonchev–Trinajstić information content (AvgIpc) is 2.22. The third kappa shape index (κ3) is 2.36. The molecule has 15 heavy (non-hydrogen) atoms. The molecule has 0 radical (unpaired) electrons. The molecule has 0 aliphatic carbocycles. The Morgan fingerprint density at radius 3 is 2.33 bits per heavy atom. The van der Waals surface area contributed by atoms with Gasteiger partial charge in [0.2, 0.25) is 11.8 Å². The highest BCUT2D eigenvalue weighted by Crippen LogP contribution is 2.28. The molecule has 0 fully saturated rings. The normalized spacial score (nSPS) is 9.47. The molecule has 0 amide bonds. The van der Waals surface area contributed by atoms with Crippen molar-refractivity contribution in [3.05, 3.63) is 0 Å². The Bertz CT molecular complexity index is 381. The summed E-state index contributed by atoms with van der Waals surface area (Å²) in [5, 5.41) is 0. The van der Waals surface area contributed by atoms with Crippen molar-refractivity contribution in [3.8, 4) is 11.8 Å². The molecule has 1 aromatic rings. The fourth-order valence-electron chi connectivity index (χ4n) is 0.799. The fourth-order valence-corrected chi connectivity index (χ4v) is 0.799. The van der Waals surface area contributed by atoms with Crippen LogP contribution in [0, 0.1) is 0 Å². The van der Waals surface area contributed by atoms with E-state index in [0.717, 1.165) is 7.11 Å². The summed E-state index contributed by atoms with van der Waals surface area (Å²) in [6.45, 7) is 0. The van der Waals surface area contributed by atoms with Crippen LogP contribution in [0.15, 0.2) is 0 Å². The van der Waals surface area contributed by atoms with Crippen LogP contribution in [0.1, 0.15) is 0 Å². The monoisotopic (exact) mass is 214 g/mol. The SMILES string of the molecule is COC(=O)Oc1nc(N)nc(OC)c1N. The van der Waals surface area contributed by atoms with E-state index in [-0.39, 0.29) is 23.4 Å². The maximum absolute atomic E-state index is 10.8. The number of methoxy groups -OCH3 is 2. The van der Waals surface area contributed by atoms with Gasteiger partial charge < -0.3 is 25.7 Å². The molecule has 0 saturated carbocycles. The van der Waals surface area contributed by atoms with Crippen LogP contribution in [0.25, 0.3) is 0 Å². The zero-order valence-corrected chi connectivity index (χ0v) is 8.18. The minimum atomic E-state index is -0.957. The summed E-state index contributed by atoms with van der Waals surface area (Å²) in [5.41, 5.74) is 10.8. The lowest BCUT2D eigenvalue weighted by Crippen LogP contribution is -2.12. The third-order valence-electron chi connectivity index (χ3n) is 1.43. The highest BCUT2D eigenvalue weighted by molar-refractivity contribution is 5.68. The molecule has 0 aliphatic heterocycles. The predicted octanol–water partition coefficient (Wildman–Crippen LogP) is -0.205. The van der Waals surface area contributed by atoms with Gasteiger partial charge in [-0.3, -0.25) is 0 Å². The maximum atomic E-state index is 10.8. The van der Waals surface area contributed by atoms with Crippen LogP contribution in [0.3, 0.4) is 0 Å². The van der Waals surface area contributed by atoms with Crippen molar-refractivity contribution >= 4 is 17.8 Å². The van der Waals surface area contributed by atoms with E-state index in [1.165, 1.54) is 7.11 Å². The number of aromatic nitrogens is 2. The van der Waals surface area contributed by atoms with Gasteiger partial charge in [0.15, 0.2) is 5.69 Å². The lowest BCUT2D eigenvalue weighted by atomic mass is 10.5. The molecular formula is C7H10N4O4. The van der Waals surface area contributed by atoms with Crippen LogP contribution in [0.4, 0.5) is 16.4 Å². The molecule has 0 saturated heterocycles. The Morgan fingerprint density at radius 1 is 1.20 bits per heavy atom. The second-order valence-electron chi connectivity index (χ2n) is 2.37. The molecule has 0 unspecified atom stereocenters. The summed E-state index contributed by atoms with van der Waals surface area (Å²) in [5.74, 6) is -0.299. The van der Waals surface area contributed by atoms with Crippen molar-refractivity contribution < 1.29 is 19.0 Å². The summed E-state index contributed by atoms with van der Waals surface area (Å²) >= 11 is 0. The van der Waals surface area contributed by atoms with E-state index in [9.17, 15) is 4.79 Å². The van der Waals surface area contributed by atoms with Gasteiger partial charge in [-0.15, -0.1) is 0 Å². The molecular weight excluding hydrogens is 204 g/mol. The lowest BCUT2D eigenvalue weighted by molar-refractivity contribution is 0.120. The molecule has 0 aromatic carbocycles. The van der Waals surface area contributed by atoms with E-state index in [1.807, 2.05) is 0 Å². The van der Waals surface area contributed by atoms with Gasteiger partial charge in [-0.05, 0) is 0 Å². The Balaban J connectivity index is 3.06. The molecule has 0 aliphatic rings. The Morgan fingerprint density at radius 2 is 1.80 bits per heavy atom. The van der Waals surface area contributed by atoms with Crippen molar-refractivity contribution in [3.63, 3.8) is 0 Å². The topological polar surface area (TPSA) is 123 Å². The second-order valence-corrected chi connectivity index (χ2v) is 2.37. The van der Waals surface area contributed by atoms with Gasteiger partial charge in [0.05, 0.1) is 14.2 Å². The summed E-state index contributed by atoms with van der Waals surface area (Å²) in [7, 11) is 2.50. The molecule has 1 heterocycles. The maximum Gasteiger partial charge on any atom is 0.514 e. The first-order valence-corrected chi connectivity index (χ1v) is 3.81. The van der Waals surface area contributed by atoms with Gasteiger partial charge >= 0.3 is 6.16 Å². The van der Waals surface area contributed by atoms with Crippen molar-refractivity contribution in [2.24, 2.45) is 0 Å². The summed E-state index contributed by atoms with van der Waals surface area (Å²) in [6.07, 6.45) is -0.957. The summed E-state index contributed by atoms with van der Waals surface area (Å²) in [6, 6.07) is 0. The number of hydrogen-bond acceptors (Lipinski definition) is 8. The number of ether oxygens (including phenoxy) is 3. The van der Waals surface area contributed by atoms with Crippen LogP contribution >= 0.6 is 0 Å². The van der Waals surface area contributed by atoms with Gasteiger partial charge in [0.25, 0.3) is 5.88 Å². The van der Waals surface area contributed by atoms with Gasteiger partial charge in [-0.1, -0.05) is 0 Å². The lowest BCUT2D eigenvalue weighted by Gasteiger charge is -2.08. The highest BCUT2D eigenvalue weighted by atomic mass is 16.7. The van der Waals surface area contributed by atoms with Gasteiger partial charge in [-0.25, -0.2) is 4.79 Å². The Hall–Kier alpha value is -2.25. The second kappa shape index (κ2) is 4.31. The standard InChI is InChI=1S/C7H10N4O4/c1-13-4-3(8)5(11-6(9)10-4)15-7(12)14-2/h8H2,1-2H3,(H2,9,10,11). The Kier molecular flexibility index (Phi) is 3.11. The smallest absolute Gasteiger partial charge is 0.479 e. The fraction of sp³-hybridized carbons (Fsp3) is 0.286. The number of nitrogens with zero attached hydrogens (tertiary/aromatic N) is 2. The molecule has 0 bridgehead atoms. The number of anilines is 2. The number of carbonyl (C=O) groups is 1. The highest BCUT2D eigenvalue weighted by Gasteiger charge is 2.15. The summed E-state index contributed by atoms with van der Waals surface area (Å²) in [4.78, 5) is 18.1. The van der Waals surface area contributed by atoms with Crippen molar-refractivity contribution in [2.75, 3.05) is 25.7 Å². The van der Waals surface area contributed by atoms with Crippen LogP contribution in [0.5, 0.6) is 11.8 Å². The molecule has 1 aromatic heterocycles. The van der Waals surface area contributed by atoms with Gasteiger partial charge in [0.1, 0.15) is 0 Å². The molecule has 82 valence electrons. The zero-order chi connectivity index (χ0) is 11.4. The minimum absolute atomic E-state index is 0.0291. The first-order chi connectivity index (χ1) is 7.08. The van der Waals surface area contributed by atoms with Crippen LogP contribution < -0.4 is 20.9 Å². The first-order valence-electron chi connectivity index (χ1n) is 3.81. The van der Waals surface area contributed by atoms with Gasteiger partial charge in [-0.2, -0.15) is 9.97 Å². The number of carbonyl (C=O) groups excluding carboxylic acids is 1. The number of hydrogen-bond donors (Lipinski definition) is 2. The molecule has 4 N–H and O–H groups in total. The van der Waals surface area contributed by atoms with Crippen LogP contribution in [-0.2, 0) is 4.74 Å². The largest absolute Gasteiger partial charge is 0.514 e. The molecule has 8 nitrogen and oxygen atoms in total. The van der Waals surface area contributed by atoms with E-state index < -0.39 is 6.16 Å². The van der Waals surface area contributed by atoms with Crippen molar-refractivity contribution in [2.45, 2.75) is 0 Å². The molecule has 8 heteroatoms. The summed E-state index contributed by atoms with van der Waals surface area (Å²) < 4.78 is 13.7. The predicted molar refractivity (Wildman–Crippen MR) is 50.4 cm³/mol. The van der Waals surface area contributed by atoms with Crippen LogP contribution in [0.2, 0.25) is 0 Å². The third-order valence-corrected chi connectivity index (χ3v) is 1.43. The first kappa shape index (κ1) is 10.8. The number of nitrogen functional groups attached to an aromatic ring is 2. The van der Waals surface area contributed by atoms with E-state index in [0.29, 0.717) is 0 Å². The number of nitrogens with two attached hydrogens (primary N) is 2.